The first-order chi connectivity index (χ1) is 13.1. The summed E-state index contributed by atoms with van der Waals surface area (Å²) in [7, 11) is 1.76. The predicted molar refractivity (Wildman–Crippen MR) is 103 cm³/mol. The molecule has 27 heavy (non-hydrogen) atoms. The first-order valence-corrected chi connectivity index (χ1v) is 8.89. The highest BCUT2D eigenvalue weighted by Gasteiger charge is 2.29. The van der Waals surface area contributed by atoms with Gasteiger partial charge in [0, 0.05) is 25.4 Å². The highest BCUT2D eigenvalue weighted by atomic mass is 16.2. The minimum absolute atomic E-state index is 0.189. The standard InChI is InChI=1S/C18H21N7O2/c1-10-5-6-12(10)23-17(26)11-9-21-25-15(19-2)8-14(24-16(11)25)22-13-4-3-7-20-18(13)27/h3-4,7-10,12,19H,5-6H2,1-2H3,(H,20,27)(H,22,24)(H,23,26)/t10?,12-/m0/s1. The van der Waals surface area contributed by atoms with Gasteiger partial charge in [-0.2, -0.15) is 9.61 Å². The van der Waals surface area contributed by atoms with E-state index in [9.17, 15) is 9.59 Å². The normalized spacial score (nSPS) is 18.7. The summed E-state index contributed by atoms with van der Waals surface area (Å²) < 4.78 is 1.57. The maximum Gasteiger partial charge on any atom is 0.271 e. The van der Waals surface area contributed by atoms with Crippen LogP contribution in [0.3, 0.4) is 0 Å². The number of anilines is 3. The van der Waals surface area contributed by atoms with Gasteiger partial charge in [0.05, 0.1) is 6.20 Å². The lowest BCUT2D eigenvalue weighted by Gasteiger charge is -2.34. The van der Waals surface area contributed by atoms with Gasteiger partial charge in [0.1, 0.15) is 22.9 Å². The van der Waals surface area contributed by atoms with Gasteiger partial charge in [0.2, 0.25) is 0 Å². The number of H-pyrrole nitrogens is 1. The van der Waals surface area contributed by atoms with Gasteiger partial charge in [-0.1, -0.05) is 6.92 Å². The third kappa shape index (κ3) is 3.12. The van der Waals surface area contributed by atoms with Crippen LogP contribution >= 0.6 is 0 Å². The molecular formula is C18H21N7O2. The number of carbonyl (C=O) groups excluding carboxylic acids is 1. The molecule has 1 fully saturated rings. The zero-order chi connectivity index (χ0) is 19.0. The molecule has 9 nitrogen and oxygen atoms in total. The highest BCUT2D eigenvalue weighted by Crippen LogP contribution is 2.27. The zero-order valence-electron chi connectivity index (χ0n) is 15.1. The molecule has 0 radical (unpaired) electrons. The van der Waals surface area contributed by atoms with Crippen molar-refractivity contribution in [3.8, 4) is 0 Å². The summed E-state index contributed by atoms with van der Waals surface area (Å²) in [5, 5.41) is 13.4. The number of amides is 1. The molecule has 0 saturated heterocycles. The van der Waals surface area contributed by atoms with E-state index in [-0.39, 0.29) is 17.5 Å². The topological polar surface area (TPSA) is 116 Å². The molecule has 3 aromatic heterocycles. The number of pyridine rings is 1. The van der Waals surface area contributed by atoms with E-state index in [0.29, 0.717) is 34.5 Å². The molecule has 140 valence electrons. The molecule has 9 heteroatoms. The number of rotatable bonds is 5. The summed E-state index contributed by atoms with van der Waals surface area (Å²) in [5.74, 6) is 1.38. The van der Waals surface area contributed by atoms with Crippen LogP contribution in [-0.2, 0) is 0 Å². The molecule has 1 amide bonds. The van der Waals surface area contributed by atoms with Gasteiger partial charge in [0.15, 0.2) is 5.65 Å². The van der Waals surface area contributed by atoms with Gasteiger partial charge in [-0.05, 0) is 30.9 Å². The minimum Gasteiger partial charge on any atom is -0.373 e. The SMILES string of the molecule is CNc1cc(Nc2ccc[nH]c2=O)nc2c(C(=O)N[C@H]3CCC3C)cnn12. The van der Waals surface area contributed by atoms with E-state index in [1.54, 1.807) is 36.0 Å². The van der Waals surface area contributed by atoms with E-state index in [1.807, 2.05) is 0 Å². The molecule has 0 spiro atoms. The fourth-order valence-corrected chi connectivity index (χ4v) is 3.15. The number of aromatic nitrogens is 4. The maximum absolute atomic E-state index is 12.7. The van der Waals surface area contributed by atoms with Gasteiger partial charge in [-0.15, -0.1) is 0 Å². The van der Waals surface area contributed by atoms with Gasteiger partial charge in [0.25, 0.3) is 11.5 Å². The van der Waals surface area contributed by atoms with Crippen molar-refractivity contribution in [2.75, 3.05) is 17.7 Å². The molecule has 1 unspecified atom stereocenters. The molecule has 4 N–H and O–H groups in total. The number of carbonyl (C=O) groups is 1. The molecule has 3 aromatic rings. The van der Waals surface area contributed by atoms with Gasteiger partial charge in [-0.3, -0.25) is 9.59 Å². The highest BCUT2D eigenvalue weighted by molar-refractivity contribution is 6.00. The van der Waals surface area contributed by atoms with Crippen LogP contribution < -0.4 is 21.5 Å². The van der Waals surface area contributed by atoms with E-state index < -0.39 is 0 Å². The summed E-state index contributed by atoms with van der Waals surface area (Å²) >= 11 is 0. The Morgan fingerprint density at radius 3 is 2.89 bits per heavy atom. The number of fused-ring (bicyclic) bond motifs is 1. The van der Waals surface area contributed by atoms with Crippen molar-refractivity contribution in [2.24, 2.45) is 5.92 Å². The third-order valence-corrected chi connectivity index (χ3v) is 4.99. The van der Waals surface area contributed by atoms with Gasteiger partial charge >= 0.3 is 0 Å². The predicted octanol–water partition coefficient (Wildman–Crippen LogP) is 1.73. The first-order valence-electron chi connectivity index (χ1n) is 8.89. The number of nitrogens with zero attached hydrogens (tertiary/aromatic N) is 3. The Bertz CT molecular complexity index is 1060. The fourth-order valence-electron chi connectivity index (χ4n) is 3.15. The van der Waals surface area contributed by atoms with Gasteiger partial charge in [-0.25, -0.2) is 4.98 Å². The van der Waals surface area contributed by atoms with E-state index in [4.69, 9.17) is 0 Å². The molecule has 1 aliphatic carbocycles. The smallest absolute Gasteiger partial charge is 0.271 e. The number of hydrogen-bond acceptors (Lipinski definition) is 6. The Morgan fingerprint density at radius 1 is 1.37 bits per heavy atom. The van der Waals surface area contributed by atoms with Crippen LogP contribution in [0.1, 0.15) is 30.1 Å². The van der Waals surface area contributed by atoms with Crippen molar-refractivity contribution >= 4 is 28.9 Å². The summed E-state index contributed by atoms with van der Waals surface area (Å²) in [4.78, 5) is 31.7. The van der Waals surface area contributed by atoms with Crippen LogP contribution in [0.15, 0.2) is 35.4 Å². The molecule has 2 atom stereocenters. The summed E-state index contributed by atoms with van der Waals surface area (Å²) in [6.07, 6.45) is 5.19. The Hall–Kier alpha value is -3.36. The molecular weight excluding hydrogens is 346 g/mol. The maximum atomic E-state index is 12.7. The monoisotopic (exact) mass is 367 g/mol. The molecule has 4 rings (SSSR count). The number of hydrogen-bond donors (Lipinski definition) is 4. The molecule has 0 aromatic carbocycles. The average Bonchev–Trinajstić information content (AvgIpc) is 3.10. The van der Waals surface area contributed by atoms with Crippen LogP contribution in [-0.4, -0.2) is 38.6 Å². The minimum atomic E-state index is -0.254. The summed E-state index contributed by atoms with van der Waals surface area (Å²) in [6.45, 7) is 2.13. The van der Waals surface area contributed by atoms with Crippen molar-refractivity contribution in [1.29, 1.82) is 0 Å². The molecule has 0 aliphatic heterocycles. The lowest BCUT2D eigenvalue weighted by Crippen LogP contribution is -2.45. The van der Waals surface area contributed by atoms with Crippen LogP contribution in [0.2, 0.25) is 0 Å². The Balaban J connectivity index is 1.70. The lowest BCUT2D eigenvalue weighted by molar-refractivity contribution is 0.0886. The Labute approximate surface area is 155 Å². The number of aromatic amines is 1. The third-order valence-electron chi connectivity index (χ3n) is 4.99. The second kappa shape index (κ2) is 6.75. The molecule has 0 bridgehead atoms. The van der Waals surface area contributed by atoms with Crippen LogP contribution in [0.25, 0.3) is 5.65 Å². The van der Waals surface area contributed by atoms with Crippen molar-refractivity contribution < 1.29 is 4.79 Å². The van der Waals surface area contributed by atoms with Crippen molar-refractivity contribution in [3.05, 3.63) is 46.5 Å². The van der Waals surface area contributed by atoms with Gasteiger partial charge < -0.3 is 20.9 Å². The van der Waals surface area contributed by atoms with Crippen molar-refractivity contribution in [1.82, 2.24) is 24.9 Å². The van der Waals surface area contributed by atoms with E-state index in [2.05, 4.69) is 37.9 Å². The lowest BCUT2D eigenvalue weighted by atomic mass is 9.81. The first kappa shape index (κ1) is 17.1. The Morgan fingerprint density at radius 2 is 2.22 bits per heavy atom. The second-order valence-electron chi connectivity index (χ2n) is 6.74. The second-order valence-corrected chi connectivity index (χ2v) is 6.74. The average molecular weight is 367 g/mol. The summed E-state index contributed by atoms with van der Waals surface area (Å²) in [6, 6.07) is 5.30. The van der Waals surface area contributed by atoms with Crippen LogP contribution in [0.4, 0.5) is 17.3 Å². The van der Waals surface area contributed by atoms with Crippen molar-refractivity contribution in [2.45, 2.75) is 25.8 Å². The van der Waals surface area contributed by atoms with Crippen LogP contribution in [0, 0.1) is 5.92 Å². The van der Waals surface area contributed by atoms with E-state index in [0.717, 1.165) is 12.8 Å². The largest absolute Gasteiger partial charge is 0.373 e. The molecule has 3 heterocycles. The van der Waals surface area contributed by atoms with Crippen LogP contribution in [0.5, 0.6) is 0 Å². The summed E-state index contributed by atoms with van der Waals surface area (Å²) in [5.41, 5.74) is 0.929. The van der Waals surface area contributed by atoms with E-state index >= 15 is 0 Å². The van der Waals surface area contributed by atoms with Crippen molar-refractivity contribution in [3.63, 3.8) is 0 Å². The quantitative estimate of drug-likeness (QED) is 0.546. The van der Waals surface area contributed by atoms with E-state index in [1.165, 1.54) is 6.20 Å². The molecule has 1 aliphatic rings. The Kier molecular flexibility index (Phi) is 4.27. The number of nitrogens with one attached hydrogen (secondary N) is 4. The zero-order valence-corrected chi connectivity index (χ0v) is 15.1. The fraction of sp³-hybridized carbons (Fsp3) is 0.333. The molecule has 1 saturated carbocycles.